The number of aryl methyl sites for hydroxylation is 2. The SMILES string of the molecule is CCOC(=O)c1sc(NS(=O)(=O)c2cnc(C)s2)cc1C. The summed E-state index contributed by atoms with van der Waals surface area (Å²) in [4.78, 5) is 16.0. The standard InChI is InChI=1S/C12H14N2O4S3/c1-4-18-12(15)11-7(2)5-9(20-11)14-21(16,17)10-6-13-8(3)19-10/h5-6,14H,4H2,1-3H3. The van der Waals surface area contributed by atoms with Crippen LogP contribution < -0.4 is 4.72 Å². The number of carbonyl (C=O) groups excluding carboxylic acids is 1. The first-order chi connectivity index (χ1) is 9.83. The van der Waals surface area contributed by atoms with Gasteiger partial charge in [0.05, 0.1) is 17.8 Å². The predicted molar refractivity (Wildman–Crippen MR) is 82.7 cm³/mol. The third kappa shape index (κ3) is 3.60. The van der Waals surface area contributed by atoms with Gasteiger partial charge in [-0.15, -0.1) is 22.7 Å². The number of esters is 1. The molecule has 2 heterocycles. The minimum Gasteiger partial charge on any atom is -0.462 e. The average Bonchev–Trinajstić information content (AvgIpc) is 2.96. The number of carbonyl (C=O) groups is 1. The number of anilines is 1. The quantitative estimate of drug-likeness (QED) is 0.842. The van der Waals surface area contributed by atoms with Crippen molar-refractivity contribution in [3.63, 3.8) is 0 Å². The lowest BCUT2D eigenvalue weighted by atomic mass is 10.3. The Kier molecular flexibility index (Phi) is 4.64. The number of thiazole rings is 1. The number of nitrogens with zero attached hydrogens (tertiary/aromatic N) is 1. The van der Waals surface area contributed by atoms with Gasteiger partial charge in [0.25, 0.3) is 10.0 Å². The fraction of sp³-hybridized carbons (Fsp3) is 0.333. The molecule has 0 aliphatic rings. The van der Waals surface area contributed by atoms with Gasteiger partial charge in [-0.1, -0.05) is 0 Å². The van der Waals surface area contributed by atoms with Crippen LogP contribution in [0.2, 0.25) is 0 Å². The highest BCUT2D eigenvalue weighted by Crippen LogP contribution is 2.30. The molecular weight excluding hydrogens is 332 g/mol. The number of nitrogens with one attached hydrogen (secondary N) is 1. The Hall–Kier alpha value is -1.45. The van der Waals surface area contributed by atoms with Gasteiger partial charge in [0.1, 0.15) is 9.88 Å². The Morgan fingerprint density at radius 1 is 1.38 bits per heavy atom. The number of hydrogen-bond acceptors (Lipinski definition) is 7. The van der Waals surface area contributed by atoms with Gasteiger partial charge in [-0.2, -0.15) is 0 Å². The molecule has 0 saturated carbocycles. The monoisotopic (exact) mass is 346 g/mol. The van der Waals surface area contributed by atoms with Crippen LogP contribution in [0.15, 0.2) is 16.5 Å². The third-order valence-electron chi connectivity index (χ3n) is 2.48. The Morgan fingerprint density at radius 3 is 2.67 bits per heavy atom. The summed E-state index contributed by atoms with van der Waals surface area (Å²) in [6, 6.07) is 1.61. The molecule has 0 aliphatic carbocycles. The van der Waals surface area contributed by atoms with E-state index < -0.39 is 16.0 Å². The van der Waals surface area contributed by atoms with Gasteiger partial charge in [0, 0.05) is 0 Å². The van der Waals surface area contributed by atoms with Crippen molar-refractivity contribution in [3.8, 4) is 0 Å². The minimum atomic E-state index is -3.67. The molecule has 0 aliphatic heterocycles. The van der Waals surface area contributed by atoms with E-state index >= 15 is 0 Å². The van der Waals surface area contributed by atoms with E-state index in [0.717, 1.165) is 22.7 Å². The van der Waals surface area contributed by atoms with Crippen molar-refractivity contribution < 1.29 is 17.9 Å². The second-order valence-corrected chi connectivity index (χ2v) is 8.34. The van der Waals surface area contributed by atoms with Crippen molar-refractivity contribution in [1.82, 2.24) is 4.98 Å². The predicted octanol–water partition coefficient (Wildman–Crippen LogP) is 2.80. The molecule has 9 heteroatoms. The zero-order chi connectivity index (χ0) is 15.6. The molecule has 0 unspecified atom stereocenters. The topological polar surface area (TPSA) is 85.4 Å². The zero-order valence-electron chi connectivity index (χ0n) is 11.7. The van der Waals surface area contributed by atoms with E-state index in [2.05, 4.69) is 9.71 Å². The molecule has 1 N–H and O–H groups in total. The number of hydrogen-bond donors (Lipinski definition) is 1. The van der Waals surface area contributed by atoms with E-state index in [4.69, 9.17) is 4.74 Å². The Labute approximate surface area is 130 Å². The molecule has 2 aromatic heterocycles. The van der Waals surface area contributed by atoms with Crippen molar-refractivity contribution in [2.75, 3.05) is 11.3 Å². The van der Waals surface area contributed by atoms with Crippen LogP contribution in [0.25, 0.3) is 0 Å². The van der Waals surface area contributed by atoms with E-state index in [1.54, 1.807) is 26.8 Å². The molecule has 2 rings (SSSR count). The van der Waals surface area contributed by atoms with Crippen LogP contribution in [0.3, 0.4) is 0 Å². The Morgan fingerprint density at radius 2 is 2.10 bits per heavy atom. The number of thiophene rings is 1. The van der Waals surface area contributed by atoms with E-state index in [-0.39, 0.29) is 10.8 Å². The van der Waals surface area contributed by atoms with Crippen LogP contribution >= 0.6 is 22.7 Å². The number of sulfonamides is 1. The van der Waals surface area contributed by atoms with Crippen molar-refractivity contribution in [2.45, 2.75) is 25.0 Å². The second kappa shape index (κ2) is 6.12. The second-order valence-electron chi connectivity index (χ2n) is 4.15. The number of aromatic nitrogens is 1. The minimum absolute atomic E-state index is 0.142. The molecule has 114 valence electrons. The smallest absolute Gasteiger partial charge is 0.348 e. The number of ether oxygens (including phenoxy) is 1. The summed E-state index contributed by atoms with van der Waals surface area (Å²) in [5, 5.41) is 1.05. The maximum atomic E-state index is 12.2. The van der Waals surface area contributed by atoms with Crippen LogP contribution in [0.1, 0.15) is 27.2 Å². The maximum absolute atomic E-state index is 12.2. The van der Waals surface area contributed by atoms with Crippen molar-refractivity contribution in [1.29, 1.82) is 0 Å². The zero-order valence-corrected chi connectivity index (χ0v) is 14.1. The van der Waals surface area contributed by atoms with Crippen LogP contribution in [-0.4, -0.2) is 26.0 Å². The van der Waals surface area contributed by atoms with Crippen molar-refractivity contribution in [3.05, 3.63) is 27.7 Å². The highest BCUT2D eigenvalue weighted by molar-refractivity contribution is 7.94. The molecule has 0 amide bonds. The molecule has 0 spiro atoms. The summed E-state index contributed by atoms with van der Waals surface area (Å²) in [5.41, 5.74) is 0.677. The molecule has 0 radical (unpaired) electrons. The van der Waals surface area contributed by atoms with Gasteiger partial charge in [0.15, 0.2) is 4.21 Å². The van der Waals surface area contributed by atoms with Crippen LogP contribution in [-0.2, 0) is 14.8 Å². The summed E-state index contributed by atoms with van der Waals surface area (Å²) in [5.74, 6) is -0.445. The van der Waals surface area contributed by atoms with E-state index in [0.29, 0.717) is 20.4 Å². The molecular formula is C12H14N2O4S3. The largest absolute Gasteiger partial charge is 0.462 e. The molecule has 2 aromatic rings. The van der Waals surface area contributed by atoms with Gasteiger partial charge in [-0.3, -0.25) is 4.72 Å². The Balaban J connectivity index is 2.24. The molecule has 6 nitrogen and oxygen atoms in total. The molecule has 0 saturated heterocycles. The van der Waals surface area contributed by atoms with Gasteiger partial charge >= 0.3 is 5.97 Å². The molecule has 0 atom stereocenters. The fourth-order valence-corrected chi connectivity index (χ4v) is 4.94. The Bertz CT molecular complexity index is 761. The van der Waals surface area contributed by atoms with Crippen LogP contribution in [0, 0.1) is 13.8 Å². The van der Waals surface area contributed by atoms with Crippen LogP contribution in [0.4, 0.5) is 5.00 Å². The summed E-state index contributed by atoms with van der Waals surface area (Å²) < 4.78 is 31.9. The molecule has 0 fully saturated rings. The van der Waals surface area contributed by atoms with Crippen molar-refractivity contribution >= 4 is 43.7 Å². The van der Waals surface area contributed by atoms with Crippen molar-refractivity contribution in [2.24, 2.45) is 0 Å². The highest BCUT2D eigenvalue weighted by atomic mass is 32.2. The lowest BCUT2D eigenvalue weighted by Gasteiger charge is -2.02. The highest BCUT2D eigenvalue weighted by Gasteiger charge is 2.21. The van der Waals surface area contributed by atoms with Gasteiger partial charge in [-0.25, -0.2) is 18.2 Å². The average molecular weight is 346 g/mol. The normalized spacial score (nSPS) is 11.4. The molecule has 0 aromatic carbocycles. The molecule has 21 heavy (non-hydrogen) atoms. The lowest BCUT2D eigenvalue weighted by molar-refractivity contribution is 0.0531. The molecule has 0 bridgehead atoms. The number of rotatable bonds is 5. The lowest BCUT2D eigenvalue weighted by Crippen LogP contribution is -2.10. The van der Waals surface area contributed by atoms with Crippen LogP contribution in [0.5, 0.6) is 0 Å². The van der Waals surface area contributed by atoms with E-state index in [9.17, 15) is 13.2 Å². The van der Waals surface area contributed by atoms with Gasteiger partial charge in [-0.05, 0) is 32.4 Å². The van der Waals surface area contributed by atoms with Gasteiger partial charge < -0.3 is 4.74 Å². The third-order valence-corrected chi connectivity index (χ3v) is 6.48. The fourth-order valence-electron chi connectivity index (χ4n) is 1.58. The summed E-state index contributed by atoms with van der Waals surface area (Å²) >= 11 is 2.15. The van der Waals surface area contributed by atoms with Gasteiger partial charge in [0.2, 0.25) is 0 Å². The summed E-state index contributed by atoms with van der Waals surface area (Å²) in [7, 11) is -3.67. The first-order valence-corrected chi connectivity index (χ1v) is 9.18. The summed E-state index contributed by atoms with van der Waals surface area (Å²) in [6.45, 7) is 5.46. The maximum Gasteiger partial charge on any atom is 0.348 e. The first kappa shape index (κ1) is 15.9. The first-order valence-electron chi connectivity index (χ1n) is 6.06. The summed E-state index contributed by atoms with van der Waals surface area (Å²) in [6.07, 6.45) is 1.31. The van der Waals surface area contributed by atoms with E-state index in [1.807, 2.05) is 0 Å². The van der Waals surface area contributed by atoms with E-state index in [1.165, 1.54) is 6.20 Å².